The topological polar surface area (TPSA) is 49.8 Å². The third-order valence-corrected chi connectivity index (χ3v) is 2.99. The summed E-state index contributed by atoms with van der Waals surface area (Å²) in [6.07, 6.45) is -0.572. The first kappa shape index (κ1) is 15.3. The second kappa shape index (κ2) is 7.63. The minimum Gasteiger partial charge on any atom is -0.389 e. The molecule has 4 nitrogen and oxygen atoms in total. The Hall–Kier alpha value is -0.750. The van der Waals surface area contributed by atoms with Crippen LogP contribution in [0.4, 0.5) is 0 Å². The molecule has 0 saturated heterocycles. The number of aliphatic hydroxyl groups is 1. The lowest BCUT2D eigenvalue weighted by atomic mass is 10.1. The molecule has 1 aromatic carbocycles. The molecule has 1 atom stereocenters. The van der Waals surface area contributed by atoms with Crippen LogP contribution < -0.4 is 0 Å². The van der Waals surface area contributed by atoms with Crippen molar-refractivity contribution in [3.05, 3.63) is 34.3 Å². The molecule has 0 bridgehead atoms. The molecule has 0 aliphatic heterocycles. The number of halogens is 1. The Bertz CT molecular complexity index is 380. The van der Waals surface area contributed by atoms with Crippen molar-refractivity contribution in [3.63, 3.8) is 0 Å². The smallest absolute Gasteiger partial charge is 0.176 e. The first-order valence-corrected chi connectivity index (χ1v) is 6.46. The van der Waals surface area contributed by atoms with E-state index in [2.05, 4.69) is 15.9 Å². The Labute approximate surface area is 116 Å². The average molecular weight is 316 g/mol. The van der Waals surface area contributed by atoms with Crippen LogP contribution in [0.25, 0.3) is 0 Å². The van der Waals surface area contributed by atoms with Crippen LogP contribution in [-0.4, -0.2) is 55.7 Å². The van der Waals surface area contributed by atoms with E-state index in [1.165, 1.54) is 7.11 Å². The molecule has 1 rings (SSSR count). The highest BCUT2D eigenvalue weighted by Gasteiger charge is 2.12. The fourth-order valence-electron chi connectivity index (χ4n) is 1.64. The van der Waals surface area contributed by atoms with Gasteiger partial charge in [0, 0.05) is 23.7 Å². The number of nitrogens with zero attached hydrogens (tertiary/aromatic N) is 1. The van der Waals surface area contributed by atoms with E-state index in [-0.39, 0.29) is 18.9 Å². The summed E-state index contributed by atoms with van der Waals surface area (Å²) in [4.78, 5) is 13.7. The summed E-state index contributed by atoms with van der Waals surface area (Å²) in [7, 11) is 3.34. The predicted octanol–water partition coefficient (Wildman–Crippen LogP) is 1.57. The van der Waals surface area contributed by atoms with Crippen LogP contribution in [0.5, 0.6) is 0 Å². The third-order valence-electron chi connectivity index (χ3n) is 2.46. The van der Waals surface area contributed by atoms with Gasteiger partial charge in [-0.15, -0.1) is 0 Å². The Morgan fingerprint density at radius 3 is 2.61 bits per heavy atom. The maximum absolute atomic E-state index is 11.9. The second-order valence-corrected chi connectivity index (χ2v) is 5.15. The lowest BCUT2D eigenvalue weighted by Crippen LogP contribution is -2.35. The number of rotatable bonds is 7. The van der Waals surface area contributed by atoms with Crippen molar-refractivity contribution in [2.45, 2.75) is 6.10 Å². The van der Waals surface area contributed by atoms with E-state index in [1.807, 2.05) is 12.1 Å². The summed E-state index contributed by atoms with van der Waals surface area (Å²) in [6, 6.07) is 7.25. The molecule has 0 aliphatic rings. The molecular weight excluding hydrogens is 298 g/mol. The molecular formula is C13H18BrNO3. The van der Waals surface area contributed by atoms with E-state index in [0.717, 1.165) is 4.47 Å². The van der Waals surface area contributed by atoms with Gasteiger partial charge >= 0.3 is 0 Å². The molecule has 1 unspecified atom stereocenters. The number of methoxy groups -OCH3 is 1. The van der Waals surface area contributed by atoms with Crippen molar-refractivity contribution in [2.24, 2.45) is 0 Å². The van der Waals surface area contributed by atoms with E-state index >= 15 is 0 Å². The van der Waals surface area contributed by atoms with Crippen molar-refractivity contribution in [3.8, 4) is 0 Å². The number of carbonyl (C=O) groups excluding carboxylic acids is 1. The molecule has 0 saturated carbocycles. The first-order chi connectivity index (χ1) is 8.52. The van der Waals surface area contributed by atoms with E-state index in [4.69, 9.17) is 4.74 Å². The summed E-state index contributed by atoms with van der Waals surface area (Å²) in [5, 5.41) is 9.56. The molecule has 0 aliphatic carbocycles. The van der Waals surface area contributed by atoms with Gasteiger partial charge < -0.3 is 9.84 Å². The van der Waals surface area contributed by atoms with Gasteiger partial charge in [-0.25, -0.2) is 0 Å². The van der Waals surface area contributed by atoms with Crippen molar-refractivity contribution in [1.82, 2.24) is 4.90 Å². The van der Waals surface area contributed by atoms with Crippen LogP contribution in [0.2, 0.25) is 0 Å². The van der Waals surface area contributed by atoms with Gasteiger partial charge in [0.05, 0.1) is 19.3 Å². The molecule has 5 heteroatoms. The van der Waals surface area contributed by atoms with Crippen LogP contribution in [0.1, 0.15) is 10.4 Å². The zero-order valence-electron chi connectivity index (χ0n) is 10.6. The fourth-order valence-corrected chi connectivity index (χ4v) is 1.91. The maximum atomic E-state index is 11.9. The molecule has 0 heterocycles. The average Bonchev–Trinajstić information content (AvgIpc) is 2.29. The van der Waals surface area contributed by atoms with Gasteiger partial charge in [0.15, 0.2) is 5.78 Å². The van der Waals surface area contributed by atoms with Gasteiger partial charge in [-0.2, -0.15) is 0 Å². The summed E-state index contributed by atoms with van der Waals surface area (Å²) in [5.74, 6) is 0.0367. The monoisotopic (exact) mass is 315 g/mol. The van der Waals surface area contributed by atoms with Gasteiger partial charge in [0.25, 0.3) is 0 Å². The Kier molecular flexibility index (Phi) is 6.49. The standard InChI is InChI=1S/C13H18BrNO3/c1-15(7-12(16)9-18-2)8-13(17)10-3-5-11(14)6-4-10/h3-6,12,16H,7-9H2,1-2H3. The number of ether oxygens (including phenoxy) is 1. The van der Waals surface area contributed by atoms with Crippen molar-refractivity contribution < 1.29 is 14.6 Å². The SMILES string of the molecule is COCC(O)CN(C)CC(=O)c1ccc(Br)cc1. The van der Waals surface area contributed by atoms with Crippen molar-refractivity contribution in [2.75, 3.05) is 33.9 Å². The maximum Gasteiger partial charge on any atom is 0.176 e. The quantitative estimate of drug-likeness (QED) is 0.776. The number of likely N-dealkylation sites (N-methyl/N-ethyl adjacent to an activating group) is 1. The summed E-state index contributed by atoms with van der Waals surface area (Å²) < 4.78 is 5.79. The molecule has 18 heavy (non-hydrogen) atoms. The molecule has 0 radical (unpaired) electrons. The largest absolute Gasteiger partial charge is 0.389 e. The van der Waals surface area contributed by atoms with E-state index in [1.54, 1.807) is 24.1 Å². The highest BCUT2D eigenvalue weighted by molar-refractivity contribution is 9.10. The normalized spacial score (nSPS) is 12.7. The summed E-state index contributed by atoms with van der Waals surface area (Å²) in [6.45, 7) is 0.968. The van der Waals surface area contributed by atoms with Gasteiger partial charge in [-0.05, 0) is 19.2 Å². The fraction of sp³-hybridized carbons (Fsp3) is 0.462. The van der Waals surface area contributed by atoms with E-state index < -0.39 is 6.10 Å². The Morgan fingerprint density at radius 1 is 1.44 bits per heavy atom. The number of benzene rings is 1. The molecule has 1 aromatic rings. The van der Waals surface area contributed by atoms with Crippen LogP contribution in [0.3, 0.4) is 0 Å². The number of carbonyl (C=O) groups is 1. The number of aliphatic hydroxyl groups excluding tert-OH is 1. The van der Waals surface area contributed by atoms with Gasteiger partial charge in [0.2, 0.25) is 0 Å². The zero-order chi connectivity index (χ0) is 13.5. The summed E-state index contributed by atoms with van der Waals surface area (Å²) >= 11 is 3.33. The van der Waals surface area contributed by atoms with Gasteiger partial charge in [0.1, 0.15) is 0 Å². The predicted molar refractivity (Wildman–Crippen MR) is 73.9 cm³/mol. The number of hydrogen-bond donors (Lipinski definition) is 1. The van der Waals surface area contributed by atoms with Crippen molar-refractivity contribution >= 4 is 21.7 Å². The Balaban J connectivity index is 2.46. The number of ketones is 1. The first-order valence-electron chi connectivity index (χ1n) is 5.67. The van der Waals surface area contributed by atoms with Crippen LogP contribution >= 0.6 is 15.9 Å². The summed E-state index contributed by atoms with van der Waals surface area (Å²) in [5.41, 5.74) is 0.672. The molecule has 1 N–H and O–H groups in total. The lowest BCUT2D eigenvalue weighted by Gasteiger charge is -2.19. The van der Waals surface area contributed by atoms with E-state index in [0.29, 0.717) is 12.1 Å². The van der Waals surface area contributed by atoms with Crippen molar-refractivity contribution in [1.29, 1.82) is 0 Å². The third kappa shape index (κ3) is 5.27. The van der Waals surface area contributed by atoms with E-state index in [9.17, 15) is 9.90 Å². The molecule has 100 valence electrons. The van der Waals surface area contributed by atoms with Gasteiger partial charge in [-0.1, -0.05) is 28.1 Å². The minimum atomic E-state index is -0.572. The minimum absolute atomic E-state index is 0.0367. The zero-order valence-corrected chi connectivity index (χ0v) is 12.2. The molecule has 0 amide bonds. The van der Waals surface area contributed by atoms with Gasteiger partial charge in [-0.3, -0.25) is 9.69 Å². The van der Waals surface area contributed by atoms with Crippen LogP contribution in [-0.2, 0) is 4.74 Å². The van der Waals surface area contributed by atoms with Crippen LogP contribution in [0, 0.1) is 0 Å². The number of Topliss-reactive ketones (excluding diaryl/α,β-unsaturated/α-hetero) is 1. The Morgan fingerprint density at radius 2 is 2.06 bits per heavy atom. The number of hydrogen-bond acceptors (Lipinski definition) is 4. The lowest BCUT2D eigenvalue weighted by molar-refractivity contribution is 0.0427. The highest BCUT2D eigenvalue weighted by atomic mass is 79.9. The second-order valence-electron chi connectivity index (χ2n) is 4.24. The molecule has 0 fully saturated rings. The highest BCUT2D eigenvalue weighted by Crippen LogP contribution is 2.11. The van der Waals surface area contributed by atoms with Crippen LogP contribution in [0.15, 0.2) is 28.7 Å². The molecule has 0 spiro atoms. The molecule has 0 aromatic heterocycles.